The maximum Gasteiger partial charge on any atom is 0.160 e. The first-order valence-corrected chi connectivity index (χ1v) is 13.2. The van der Waals surface area contributed by atoms with E-state index in [1.165, 1.54) is 0 Å². The average molecular weight is 497 g/mol. The zero-order valence-electron chi connectivity index (χ0n) is 21.5. The topological polar surface area (TPSA) is 70.9 Å². The maximum atomic E-state index is 10.2. The van der Waals surface area contributed by atoms with Crippen LogP contribution in [-0.4, -0.2) is 68.7 Å². The quantitative estimate of drug-likeness (QED) is 0.526. The van der Waals surface area contributed by atoms with Crippen molar-refractivity contribution in [3.05, 3.63) is 40.5 Å². The molecule has 7 nitrogen and oxygen atoms in total. The highest BCUT2D eigenvalue weighted by atomic mass is 32.2. The molecule has 0 bridgehead atoms. The third-order valence-electron chi connectivity index (χ3n) is 6.78. The van der Waals surface area contributed by atoms with E-state index in [1.807, 2.05) is 12.1 Å². The van der Waals surface area contributed by atoms with Crippen LogP contribution in [0, 0.1) is 11.3 Å². The Morgan fingerprint density at radius 1 is 1.11 bits per heavy atom. The lowest BCUT2D eigenvalue weighted by Crippen LogP contribution is -2.36. The van der Waals surface area contributed by atoms with Crippen LogP contribution in [-0.2, 0) is 24.2 Å². The van der Waals surface area contributed by atoms with Crippen molar-refractivity contribution in [2.24, 2.45) is 0 Å². The zero-order chi connectivity index (χ0) is 25.0. The van der Waals surface area contributed by atoms with Crippen LogP contribution in [0.25, 0.3) is 0 Å². The Hall–Kier alpha value is -2.47. The standard InChI is InChI=1S/C27H36N4O3S/c1-27(2)16-20-21(17-28)26(35-14-9-19-7-8-23(32-4)24(15-19)33-5)29-25(22(20)18-34-27)31-11-6-10-30(3)12-13-31/h7-8,15H,6,9-14,16,18H2,1-5H3. The van der Waals surface area contributed by atoms with E-state index >= 15 is 0 Å². The van der Waals surface area contributed by atoms with Crippen LogP contribution >= 0.6 is 11.8 Å². The number of hydrogen-bond donors (Lipinski definition) is 0. The van der Waals surface area contributed by atoms with Crippen LogP contribution in [0.5, 0.6) is 11.5 Å². The number of ether oxygens (including phenoxy) is 3. The van der Waals surface area contributed by atoms with Crippen molar-refractivity contribution in [3.8, 4) is 17.6 Å². The van der Waals surface area contributed by atoms with Gasteiger partial charge in [-0.3, -0.25) is 0 Å². The number of thioether (sulfide) groups is 1. The minimum absolute atomic E-state index is 0.294. The molecule has 2 aliphatic heterocycles. The molecule has 188 valence electrons. The first kappa shape index (κ1) is 25.6. The second kappa shape index (κ2) is 11.1. The SMILES string of the molecule is COc1ccc(CCSc2nc(N3CCCN(C)CC3)c3c(c2C#N)CC(C)(C)OC3)cc1OC. The summed E-state index contributed by atoms with van der Waals surface area (Å²) in [4.78, 5) is 9.87. The highest BCUT2D eigenvalue weighted by Gasteiger charge is 2.33. The largest absolute Gasteiger partial charge is 0.493 e. The lowest BCUT2D eigenvalue weighted by atomic mass is 9.89. The Kier molecular flexibility index (Phi) is 8.10. The van der Waals surface area contributed by atoms with Gasteiger partial charge in [-0.15, -0.1) is 11.8 Å². The van der Waals surface area contributed by atoms with Crippen molar-refractivity contribution in [1.29, 1.82) is 5.26 Å². The first-order chi connectivity index (χ1) is 16.8. The number of aromatic nitrogens is 1. The van der Waals surface area contributed by atoms with Crippen LogP contribution in [0.4, 0.5) is 5.82 Å². The lowest BCUT2D eigenvalue weighted by Gasteiger charge is -2.35. The lowest BCUT2D eigenvalue weighted by molar-refractivity contribution is -0.0402. The number of anilines is 1. The van der Waals surface area contributed by atoms with Crippen LogP contribution < -0.4 is 14.4 Å². The van der Waals surface area contributed by atoms with Gasteiger partial charge in [0.2, 0.25) is 0 Å². The Balaban J connectivity index is 1.62. The van der Waals surface area contributed by atoms with Gasteiger partial charge in [-0.2, -0.15) is 5.26 Å². The predicted octanol–water partition coefficient (Wildman–Crippen LogP) is 4.30. The molecule has 4 rings (SSSR count). The number of hydrogen-bond acceptors (Lipinski definition) is 8. The molecule has 2 aromatic rings. The molecular formula is C27H36N4O3S. The molecule has 35 heavy (non-hydrogen) atoms. The molecule has 0 unspecified atom stereocenters. The average Bonchev–Trinajstić information content (AvgIpc) is 3.07. The van der Waals surface area contributed by atoms with E-state index in [9.17, 15) is 5.26 Å². The number of fused-ring (bicyclic) bond motifs is 1. The van der Waals surface area contributed by atoms with Crippen LogP contribution in [0.2, 0.25) is 0 Å². The van der Waals surface area contributed by atoms with Crippen molar-refractivity contribution < 1.29 is 14.2 Å². The maximum absolute atomic E-state index is 10.2. The number of rotatable bonds is 7. The molecule has 1 saturated heterocycles. The monoisotopic (exact) mass is 496 g/mol. The molecule has 1 aromatic heterocycles. The van der Waals surface area contributed by atoms with Gasteiger partial charge in [0.05, 0.1) is 32.0 Å². The minimum atomic E-state index is -0.294. The summed E-state index contributed by atoms with van der Waals surface area (Å²) in [5.74, 6) is 3.27. The van der Waals surface area contributed by atoms with Crippen LogP contribution in [0.15, 0.2) is 23.2 Å². The molecule has 8 heteroatoms. The smallest absolute Gasteiger partial charge is 0.160 e. The summed E-state index contributed by atoms with van der Waals surface area (Å²) in [6.45, 7) is 8.69. The Morgan fingerprint density at radius 3 is 2.66 bits per heavy atom. The second-order valence-corrected chi connectivity index (χ2v) is 10.9. The number of nitrogens with zero attached hydrogens (tertiary/aromatic N) is 4. The minimum Gasteiger partial charge on any atom is -0.493 e. The van der Waals surface area contributed by atoms with Crippen LogP contribution in [0.3, 0.4) is 0 Å². The highest BCUT2D eigenvalue weighted by Crippen LogP contribution is 2.39. The summed E-state index contributed by atoms with van der Waals surface area (Å²) in [6.07, 6.45) is 2.66. The molecule has 0 aliphatic carbocycles. The molecule has 3 heterocycles. The number of likely N-dealkylation sites (N-methyl/N-ethyl adjacent to an activating group) is 1. The molecule has 0 amide bonds. The van der Waals surface area contributed by atoms with Crippen molar-refractivity contribution in [1.82, 2.24) is 9.88 Å². The zero-order valence-corrected chi connectivity index (χ0v) is 22.3. The Morgan fingerprint density at radius 2 is 1.91 bits per heavy atom. The van der Waals surface area contributed by atoms with Gasteiger partial charge in [0.1, 0.15) is 16.9 Å². The molecule has 0 saturated carbocycles. The van der Waals surface area contributed by atoms with Gasteiger partial charge < -0.3 is 24.0 Å². The van der Waals surface area contributed by atoms with Gasteiger partial charge >= 0.3 is 0 Å². The molecule has 0 N–H and O–H groups in total. The van der Waals surface area contributed by atoms with Gasteiger partial charge in [-0.1, -0.05) is 6.07 Å². The van der Waals surface area contributed by atoms with Gasteiger partial charge in [0, 0.05) is 37.4 Å². The van der Waals surface area contributed by atoms with E-state index in [0.717, 1.165) is 90.2 Å². The molecule has 0 atom stereocenters. The third kappa shape index (κ3) is 5.85. The first-order valence-electron chi connectivity index (χ1n) is 12.2. The van der Waals surface area contributed by atoms with Crippen molar-refractivity contribution in [2.75, 3.05) is 58.1 Å². The van der Waals surface area contributed by atoms with E-state index in [4.69, 9.17) is 19.2 Å². The molecule has 1 aromatic carbocycles. The Bertz CT molecular complexity index is 1100. The summed E-state index contributed by atoms with van der Waals surface area (Å²) in [7, 11) is 5.47. The normalized spacial score (nSPS) is 17.9. The van der Waals surface area contributed by atoms with E-state index in [2.05, 4.69) is 42.8 Å². The fourth-order valence-electron chi connectivity index (χ4n) is 4.77. The van der Waals surface area contributed by atoms with Crippen molar-refractivity contribution in [3.63, 3.8) is 0 Å². The van der Waals surface area contributed by atoms with Crippen LogP contribution in [0.1, 0.15) is 42.5 Å². The van der Waals surface area contributed by atoms with Gasteiger partial charge in [-0.05, 0) is 63.5 Å². The summed E-state index contributed by atoms with van der Waals surface area (Å²) in [5, 5.41) is 11.0. The molecule has 0 radical (unpaired) electrons. The molecule has 1 fully saturated rings. The van der Waals surface area contributed by atoms with Gasteiger partial charge in [0.25, 0.3) is 0 Å². The molecular weight excluding hydrogens is 460 g/mol. The van der Waals surface area contributed by atoms with Gasteiger partial charge in [-0.25, -0.2) is 4.98 Å². The number of benzene rings is 1. The second-order valence-electron chi connectivity index (χ2n) is 9.84. The summed E-state index contributed by atoms with van der Waals surface area (Å²) in [6, 6.07) is 8.51. The van der Waals surface area contributed by atoms with E-state index in [1.54, 1.807) is 26.0 Å². The van der Waals surface area contributed by atoms with E-state index in [0.29, 0.717) is 12.2 Å². The van der Waals surface area contributed by atoms with Gasteiger partial charge in [0.15, 0.2) is 11.5 Å². The third-order valence-corrected chi connectivity index (χ3v) is 7.75. The number of methoxy groups -OCH3 is 2. The van der Waals surface area contributed by atoms with E-state index in [-0.39, 0.29) is 5.60 Å². The van der Waals surface area contributed by atoms with Crippen molar-refractivity contribution in [2.45, 2.75) is 50.3 Å². The molecule has 0 spiro atoms. The number of nitriles is 1. The summed E-state index contributed by atoms with van der Waals surface area (Å²) >= 11 is 1.66. The van der Waals surface area contributed by atoms with Crippen molar-refractivity contribution >= 4 is 17.6 Å². The summed E-state index contributed by atoms with van der Waals surface area (Å²) < 4.78 is 17.0. The highest BCUT2D eigenvalue weighted by molar-refractivity contribution is 7.99. The van der Waals surface area contributed by atoms with E-state index < -0.39 is 0 Å². The summed E-state index contributed by atoms with van der Waals surface area (Å²) in [5.41, 5.74) is 3.79. The Labute approximate surface area is 213 Å². The predicted molar refractivity (Wildman–Crippen MR) is 140 cm³/mol. The fourth-order valence-corrected chi connectivity index (χ4v) is 5.76. The molecule has 2 aliphatic rings. The number of pyridine rings is 1. The fraction of sp³-hybridized carbons (Fsp3) is 0.556. The number of aryl methyl sites for hydroxylation is 1.